The summed E-state index contributed by atoms with van der Waals surface area (Å²) in [5.41, 5.74) is 1.59. The van der Waals surface area contributed by atoms with Crippen LogP contribution in [0.1, 0.15) is 35.1 Å². The second-order valence-electron chi connectivity index (χ2n) is 5.59. The number of hydrogen-bond donors (Lipinski definition) is 1. The van der Waals surface area contributed by atoms with E-state index in [1.54, 1.807) is 23.0 Å². The van der Waals surface area contributed by atoms with E-state index in [1.807, 2.05) is 24.8 Å². The lowest BCUT2D eigenvalue weighted by Gasteiger charge is -2.30. The smallest absolute Gasteiger partial charge is 0.268 e. The molecule has 1 aliphatic rings. The Bertz CT molecular complexity index is 679. The Balaban J connectivity index is 1.67. The Morgan fingerprint density at radius 3 is 2.95 bits per heavy atom. The van der Waals surface area contributed by atoms with E-state index >= 15 is 0 Å². The minimum atomic E-state index is -0.106. The van der Waals surface area contributed by atoms with Crippen molar-refractivity contribution >= 4 is 17.5 Å². The van der Waals surface area contributed by atoms with Gasteiger partial charge >= 0.3 is 0 Å². The number of carbonyl (C=O) groups excluding carboxylic acids is 1. The second-order valence-corrected chi connectivity index (χ2v) is 6.02. The molecule has 1 fully saturated rings. The number of aryl methyl sites for hydroxylation is 2. The zero-order valence-electron chi connectivity index (χ0n) is 12.6. The minimum absolute atomic E-state index is 0.0384. The van der Waals surface area contributed by atoms with Gasteiger partial charge in [0.2, 0.25) is 0 Å². The van der Waals surface area contributed by atoms with Gasteiger partial charge in [-0.15, -0.1) is 0 Å². The maximum Gasteiger partial charge on any atom is 0.268 e. The van der Waals surface area contributed by atoms with Crippen LogP contribution in [0.25, 0.3) is 0 Å². The van der Waals surface area contributed by atoms with Gasteiger partial charge in [0.25, 0.3) is 5.91 Å². The molecule has 0 spiro atoms. The van der Waals surface area contributed by atoms with Crippen molar-refractivity contribution in [3.05, 3.63) is 40.9 Å². The summed E-state index contributed by atoms with van der Waals surface area (Å²) >= 11 is 5.93. The van der Waals surface area contributed by atoms with Crippen molar-refractivity contribution in [3.63, 3.8) is 0 Å². The number of halogens is 1. The Labute approximate surface area is 134 Å². The fraction of sp³-hybridized carbons (Fsp3) is 0.467. The molecule has 1 amide bonds. The number of nitrogens with one attached hydrogen (secondary N) is 1. The van der Waals surface area contributed by atoms with Crippen LogP contribution in [0.3, 0.4) is 0 Å². The SMILES string of the molecule is Cn1cc(Cl)cc1C(=O)N[C@@H]1CCO[C@@H](c2ccnn2C)C1. The van der Waals surface area contributed by atoms with E-state index < -0.39 is 0 Å². The van der Waals surface area contributed by atoms with Gasteiger partial charge in [0.05, 0.1) is 10.7 Å². The van der Waals surface area contributed by atoms with Gasteiger partial charge in [0.1, 0.15) is 11.8 Å². The van der Waals surface area contributed by atoms with Crippen LogP contribution in [-0.4, -0.2) is 32.9 Å². The van der Waals surface area contributed by atoms with E-state index in [0.29, 0.717) is 17.3 Å². The maximum atomic E-state index is 12.4. The minimum Gasteiger partial charge on any atom is -0.372 e. The molecule has 2 aromatic rings. The molecule has 0 radical (unpaired) electrons. The normalized spacial score (nSPS) is 21.8. The standard InChI is InChI=1S/C15H19ClN4O2/c1-19-9-10(16)7-13(19)15(21)18-11-4-6-22-14(8-11)12-3-5-17-20(12)2/h3,5,7,9,11,14H,4,6,8H2,1-2H3,(H,18,21)/t11-,14-/m1/s1. The highest BCUT2D eigenvalue weighted by atomic mass is 35.5. The molecule has 1 saturated heterocycles. The molecule has 0 bridgehead atoms. The molecule has 0 unspecified atom stereocenters. The van der Waals surface area contributed by atoms with Gasteiger partial charge < -0.3 is 14.6 Å². The van der Waals surface area contributed by atoms with Gasteiger partial charge in [0, 0.05) is 39.1 Å². The Kier molecular flexibility index (Phi) is 4.22. The number of nitrogens with zero attached hydrogens (tertiary/aromatic N) is 3. The maximum absolute atomic E-state index is 12.4. The quantitative estimate of drug-likeness (QED) is 0.941. The van der Waals surface area contributed by atoms with Gasteiger partial charge in [-0.3, -0.25) is 9.48 Å². The van der Waals surface area contributed by atoms with Crippen molar-refractivity contribution in [2.45, 2.75) is 25.0 Å². The van der Waals surface area contributed by atoms with Crippen molar-refractivity contribution in [2.75, 3.05) is 6.61 Å². The number of ether oxygens (including phenoxy) is 1. The third kappa shape index (κ3) is 3.03. The van der Waals surface area contributed by atoms with Crippen molar-refractivity contribution in [1.82, 2.24) is 19.7 Å². The summed E-state index contributed by atoms with van der Waals surface area (Å²) in [7, 11) is 3.70. The average Bonchev–Trinajstić information content (AvgIpc) is 3.04. The van der Waals surface area contributed by atoms with Crippen LogP contribution in [0, 0.1) is 0 Å². The highest BCUT2D eigenvalue weighted by Gasteiger charge is 2.27. The Morgan fingerprint density at radius 2 is 2.32 bits per heavy atom. The summed E-state index contributed by atoms with van der Waals surface area (Å²) in [4.78, 5) is 12.4. The summed E-state index contributed by atoms with van der Waals surface area (Å²) in [6, 6.07) is 3.70. The molecule has 22 heavy (non-hydrogen) atoms. The molecule has 2 aromatic heterocycles. The molecule has 118 valence electrons. The summed E-state index contributed by atoms with van der Waals surface area (Å²) in [5, 5.41) is 7.81. The van der Waals surface area contributed by atoms with E-state index in [2.05, 4.69) is 10.4 Å². The van der Waals surface area contributed by atoms with Crippen LogP contribution in [0.4, 0.5) is 0 Å². The number of amides is 1. The van der Waals surface area contributed by atoms with Crippen LogP contribution >= 0.6 is 11.6 Å². The third-order valence-electron chi connectivity index (χ3n) is 4.01. The first-order valence-electron chi connectivity index (χ1n) is 7.27. The average molecular weight is 323 g/mol. The monoisotopic (exact) mass is 322 g/mol. The zero-order valence-corrected chi connectivity index (χ0v) is 13.4. The topological polar surface area (TPSA) is 61.1 Å². The number of rotatable bonds is 3. The first kappa shape index (κ1) is 15.1. The van der Waals surface area contributed by atoms with E-state index in [4.69, 9.17) is 16.3 Å². The van der Waals surface area contributed by atoms with Crippen LogP contribution in [-0.2, 0) is 18.8 Å². The molecular weight excluding hydrogens is 304 g/mol. The molecule has 3 heterocycles. The van der Waals surface area contributed by atoms with Crippen molar-refractivity contribution < 1.29 is 9.53 Å². The predicted octanol–water partition coefficient (Wildman–Crippen LogP) is 2.06. The van der Waals surface area contributed by atoms with Crippen molar-refractivity contribution in [3.8, 4) is 0 Å². The largest absolute Gasteiger partial charge is 0.372 e. The van der Waals surface area contributed by atoms with E-state index in [0.717, 1.165) is 18.5 Å². The molecule has 6 nitrogen and oxygen atoms in total. The van der Waals surface area contributed by atoms with Crippen molar-refractivity contribution in [2.24, 2.45) is 14.1 Å². The van der Waals surface area contributed by atoms with Gasteiger partial charge in [-0.05, 0) is 25.0 Å². The summed E-state index contributed by atoms with van der Waals surface area (Å²) in [6.45, 7) is 0.620. The number of aromatic nitrogens is 3. The lowest BCUT2D eigenvalue weighted by Crippen LogP contribution is -2.40. The highest BCUT2D eigenvalue weighted by Crippen LogP contribution is 2.27. The van der Waals surface area contributed by atoms with E-state index in [-0.39, 0.29) is 18.1 Å². The van der Waals surface area contributed by atoms with Gasteiger partial charge in [0.15, 0.2) is 0 Å². The fourth-order valence-electron chi connectivity index (χ4n) is 2.84. The molecule has 7 heteroatoms. The van der Waals surface area contributed by atoms with Crippen LogP contribution < -0.4 is 5.32 Å². The number of hydrogen-bond acceptors (Lipinski definition) is 3. The summed E-state index contributed by atoms with van der Waals surface area (Å²) < 4.78 is 9.35. The first-order valence-corrected chi connectivity index (χ1v) is 7.64. The molecule has 0 saturated carbocycles. The molecular formula is C15H19ClN4O2. The summed E-state index contributed by atoms with van der Waals surface area (Å²) in [6.07, 6.45) is 4.98. The molecule has 3 rings (SSSR count). The first-order chi connectivity index (χ1) is 10.5. The molecule has 2 atom stereocenters. The van der Waals surface area contributed by atoms with E-state index in [9.17, 15) is 4.79 Å². The third-order valence-corrected chi connectivity index (χ3v) is 4.22. The second kappa shape index (κ2) is 6.14. The molecule has 0 aliphatic carbocycles. The van der Waals surface area contributed by atoms with Gasteiger partial charge in [-0.1, -0.05) is 11.6 Å². The summed E-state index contributed by atoms with van der Waals surface area (Å²) in [5.74, 6) is -0.106. The zero-order chi connectivity index (χ0) is 15.7. The predicted molar refractivity (Wildman–Crippen MR) is 82.8 cm³/mol. The van der Waals surface area contributed by atoms with Crippen LogP contribution in [0.2, 0.25) is 5.02 Å². The van der Waals surface area contributed by atoms with E-state index in [1.165, 1.54) is 0 Å². The Morgan fingerprint density at radius 1 is 1.50 bits per heavy atom. The van der Waals surface area contributed by atoms with Crippen LogP contribution in [0.15, 0.2) is 24.5 Å². The lowest BCUT2D eigenvalue weighted by molar-refractivity contribution is -0.00358. The van der Waals surface area contributed by atoms with Gasteiger partial charge in [-0.25, -0.2) is 0 Å². The molecule has 0 aromatic carbocycles. The van der Waals surface area contributed by atoms with Crippen LogP contribution in [0.5, 0.6) is 0 Å². The lowest BCUT2D eigenvalue weighted by atomic mass is 10.0. The fourth-order valence-corrected chi connectivity index (χ4v) is 3.09. The molecule has 1 N–H and O–H groups in total. The highest BCUT2D eigenvalue weighted by molar-refractivity contribution is 6.31. The Hall–Kier alpha value is -1.79. The van der Waals surface area contributed by atoms with Crippen molar-refractivity contribution in [1.29, 1.82) is 0 Å². The number of carbonyl (C=O) groups is 1. The van der Waals surface area contributed by atoms with Gasteiger partial charge in [-0.2, -0.15) is 5.10 Å². The molecule has 1 aliphatic heterocycles.